The second-order valence-electron chi connectivity index (χ2n) is 4.88. The second kappa shape index (κ2) is 5.69. The molecule has 2 amide bonds. The van der Waals surface area contributed by atoms with Crippen LogP contribution in [0.1, 0.15) is 26.6 Å². The van der Waals surface area contributed by atoms with E-state index in [0.717, 1.165) is 5.69 Å². The molecule has 0 aliphatic carbocycles. The number of hydrogen-bond donors (Lipinski definition) is 0. The van der Waals surface area contributed by atoms with Crippen LogP contribution >= 0.6 is 11.5 Å². The van der Waals surface area contributed by atoms with Crippen LogP contribution in [0.3, 0.4) is 0 Å². The van der Waals surface area contributed by atoms with Crippen LogP contribution in [0.5, 0.6) is 0 Å². The molecular weight excluding hydrogens is 290 g/mol. The smallest absolute Gasteiger partial charge is 0.289 e. The Balaban J connectivity index is 1.62. The molecule has 110 valence electrons. The first kappa shape index (κ1) is 13.8. The molecule has 0 spiro atoms. The summed E-state index contributed by atoms with van der Waals surface area (Å²) in [4.78, 5) is 28.0. The fourth-order valence-electron chi connectivity index (χ4n) is 2.34. The molecule has 0 N–H and O–H groups in total. The van der Waals surface area contributed by atoms with E-state index in [1.54, 1.807) is 27.3 Å². The average Bonchev–Trinajstić information content (AvgIpc) is 3.17. The highest BCUT2D eigenvalue weighted by Gasteiger charge is 2.27. The standard InChI is InChI=1S/C14H15N3O3S/c1-10-11(9-21-15-10)13(18)16-4-6-17(7-5-16)14(19)12-3-2-8-20-12/h2-3,8-9H,4-7H2,1H3. The number of piperazine rings is 1. The van der Waals surface area contributed by atoms with Crippen LogP contribution in [-0.4, -0.2) is 52.2 Å². The van der Waals surface area contributed by atoms with Crippen molar-refractivity contribution in [1.29, 1.82) is 0 Å². The Hall–Kier alpha value is -2.15. The van der Waals surface area contributed by atoms with Gasteiger partial charge in [-0.3, -0.25) is 9.59 Å². The minimum Gasteiger partial charge on any atom is -0.459 e. The fourth-order valence-corrected chi connectivity index (χ4v) is 3.02. The summed E-state index contributed by atoms with van der Waals surface area (Å²) in [6.45, 7) is 3.92. The first-order valence-electron chi connectivity index (χ1n) is 6.70. The molecule has 21 heavy (non-hydrogen) atoms. The number of nitrogens with zero attached hydrogens (tertiary/aromatic N) is 3. The Morgan fingerprint density at radius 3 is 2.38 bits per heavy atom. The zero-order chi connectivity index (χ0) is 14.8. The average molecular weight is 305 g/mol. The summed E-state index contributed by atoms with van der Waals surface area (Å²) < 4.78 is 9.25. The predicted molar refractivity (Wildman–Crippen MR) is 77.4 cm³/mol. The number of hydrogen-bond acceptors (Lipinski definition) is 5. The molecule has 1 fully saturated rings. The van der Waals surface area contributed by atoms with E-state index in [1.807, 2.05) is 6.92 Å². The molecule has 1 saturated heterocycles. The van der Waals surface area contributed by atoms with Crippen molar-refractivity contribution in [3.63, 3.8) is 0 Å². The third-order valence-corrected chi connectivity index (χ3v) is 4.29. The Labute approximate surface area is 126 Å². The zero-order valence-electron chi connectivity index (χ0n) is 11.6. The maximum absolute atomic E-state index is 12.4. The van der Waals surface area contributed by atoms with Gasteiger partial charge in [0.15, 0.2) is 5.76 Å². The molecule has 0 atom stereocenters. The SMILES string of the molecule is Cc1nscc1C(=O)N1CCN(C(=O)c2ccco2)CC1. The van der Waals surface area contributed by atoms with E-state index in [1.165, 1.54) is 17.8 Å². The third-order valence-electron chi connectivity index (χ3n) is 3.57. The number of rotatable bonds is 2. The lowest BCUT2D eigenvalue weighted by molar-refractivity contribution is 0.0518. The summed E-state index contributed by atoms with van der Waals surface area (Å²) in [5.74, 6) is 0.208. The van der Waals surface area contributed by atoms with Gasteiger partial charge in [0.1, 0.15) is 0 Å². The molecule has 3 rings (SSSR count). The lowest BCUT2D eigenvalue weighted by Crippen LogP contribution is -2.50. The van der Waals surface area contributed by atoms with Crippen LogP contribution in [0, 0.1) is 6.92 Å². The largest absolute Gasteiger partial charge is 0.459 e. The van der Waals surface area contributed by atoms with Crippen LogP contribution in [0.25, 0.3) is 0 Å². The van der Waals surface area contributed by atoms with Gasteiger partial charge in [-0.25, -0.2) is 0 Å². The Morgan fingerprint density at radius 1 is 1.19 bits per heavy atom. The molecule has 3 heterocycles. The molecule has 2 aromatic rings. The van der Waals surface area contributed by atoms with Gasteiger partial charge in [0.25, 0.3) is 11.8 Å². The van der Waals surface area contributed by atoms with Gasteiger partial charge >= 0.3 is 0 Å². The van der Waals surface area contributed by atoms with Gasteiger partial charge < -0.3 is 14.2 Å². The van der Waals surface area contributed by atoms with E-state index >= 15 is 0 Å². The van der Waals surface area contributed by atoms with Crippen molar-refractivity contribution in [1.82, 2.24) is 14.2 Å². The van der Waals surface area contributed by atoms with Gasteiger partial charge in [0.2, 0.25) is 0 Å². The maximum atomic E-state index is 12.4. The molecule has 0 saturated carbocycles. The van der Waals surface area contributed by atoms with Crippen molar-refractivity contribution in [3.05, 3.63) is 40.8 Å². The molecule has 0 aromatic carbocycles. The van der Waals surface area contributed by atoms with Crippen molar-refractivity contribution in [2.75, 3.05) is 26.2 Å². The molecule has 6 nitrogen and oxygen atoms in total. The molecule has 2 aromatic heterocycles. The number of carbonyl (C=O) groups is 2. The Kier molecular flexibility index (Phi) is 3.74. The molecule has 1 aliphatic heterocycles. The molecule has 0 unspecified atom stereocenters. The quantitative estimate of drug-likeness (QED) is 0.846. The molecular formula is C14H15N3O3S. The summed E-state index contributed by atoms with van der Waals surface area (Å²) in [6, 6.07) is 3.35. The van der Waals surface area contributed by atoms with E-state index in [4.69, 9.17) is 4.42 Å². The molecule has 0 radical (unpaired) electrons. The van der Waals surface area contributed by atoms with E-state index in [-0.39, 0.29) is 11.8 Å². The highest BCUT2D eigenvalue weighted by Crippen LogP contribution is 2.15. The van der Waals surface area contributed by atoms with Crippen LogP contribution < -0.4 is 0 Å². The maximum Gasteiger partial charge on any atom is 0.289 e. The van der Waals surface area contributed by atoms with Gasteiger partial charge in [-0.1, -0.05) is 0 Å². The van der Waals surface area contributed by atoms with Crippen molar-refractivity contribution in [2.45, 2.75) is 6.92 Å². The normalized spacial score (nSPS) is 15.3. The van der Waals surface area contributed by atoms with Gasteiger partial charge in [0, 0.05) is 31.6 Å². The summed E-state index contributed by atoms with van der Waals surface area (Å²) in [5.41, 5.74) is 1.42. The highest BCUT2D eigenvalue weighted by atomic mass is 32.1. The summed E-state index contributed by atoms with van der Waals surface area (Å²) in [6.07, 6.45) is 1.49. The van der Waals surface area contributed by atoms with Gasteiger partial charge in [-0.05, 0) is 30.6 Å². The topological polar surface area (TPSA) is 66.7 Å². The van der Waals surface area contributed by atoms with E-state index < -0.39 is 0 Å². The number of carbonyl (C=O) groups excluding carboxylic acids is 2. The zero-order valence-corrected chi connectivity index (χ0v) is 12.4. The first-order chi connectivity index (χ1) is 10.2. The van der Waals surface area contributed by atoms with Crippen LogP contribution in [0.15, 0.2) is 28.2 Å². The predicted octanol–water partition coefficient (Wildman–Crippen LogP) is 1.64. The van der Waals surface area contributed by atoms with Crippen molar-refractivity contribution in [3.8, 4) is 0 Å². The monoisotopic (exact) mass is 305 g/mol. The minimum absolute atomic E-state index is 0.00801. The van der Waals surface area contributed by atoms with Crippen molar-refractivity contribution in [2.24, 2.45) is 0 Å². The molecule has 7 heteroatoms. The first-order valence-corrected chi connectivity index (χ1v) is 7.53. The Morgan fingerprint density at radius 2 is 1.86 bits per heavy atom. The Bertz CT molecular complexity index is 642. The van der Waals surface area contributed by atoms with Gasteiger partial charge in [-0.2, -0.15) is 4.37 Å². The van der Waals surface area contributed by atoms with Crippen LogP contribution in [0.2, 0.25) is 0 Å². The number of aryl methyl sites for hydroxylation is 1. The van der Waals surface area contributed by atoms with Gasteiger partial charge in [-0.15, -0.1) is 0 Å². The molecule has 0 bridgehead atoms. The number of aromatic nitrogens is 1. The highest BCUT2D eigenvalue weighted by molar-refractivity contribution is 7.03. The summed E-state index contributed by atoms with van der Waals surface area (Å²) in [7, 11) is 0. The van der Waals surface area contributed by atoms with Crippen molar-refractivity contribution >= 4 is 23.3 Å². The number of furan rings is 1. The van der Waals surface area contributed by atoms with Crippen LogP contribution in [-0.2, 0) is 0 Å². The summed E-state index contributed by atoms with van der Waals surface area (Å²) >= 11 is 1.29. The van der Waals surface area contributed by atoms with E-state index in [2.05, 4.69) is 4.37 Å². The lowest BCUT2D eigenvalue weighted by Gasteiger charge is -2.34. The van der Waals surface area contributed by atoms with Crippen LogP contribution in [0.4, 0.5) is 0 Å². The second-order valence-corrected chi connectivity index (χ2v) is 5.50. The fraction of sp³-hybridized carbons (Fsp3) is 0.357. The van der Waals surface area contributed by atoms with E-state index in [0.29, 0.717) is 37.5 Å². The lowest BCUT2D eigenvalue weighted by atomic mass is 10.2. The third kappa shape index (κ3) is 2.69. The van der Waals surface area contributed by atoms with E-state index in [9.17, 15) is 9.59 Å². The molecule has 1 aliphatic rings. The minimum atomic E-state index is -0.125. The van der Waals surface area contributed by atoms with Gasteiger partial charge in [0.05, 0.1) is 17.5 Å². The van der Waals surface area contributed by atoms with Crippen molar-refractivity contribution < 1.29 is 14.0 Å². The summed E-state index contributed by atoms with van der Waals surface area (Å²) in [5, 5.41) is 1.78. The number of amides is 2.